The number of benzene rings is 2. The highest BCUT2D eigenvalue weighted by Crippen LogP contribution is 2.36. The van der Waals surface area contributed by atoms with Crippen LogP contribution >= 0.6 is 11.3 Å². The molecular formula is C22H27N3O4S. The zero-order valence-electron chi connectivity index (χ0n) is 18.0. The van der Waals surface area contributed by atoms with E-state index in [9.17, 15) is 4.79 Å². The number of nitrogens with zero attached hydrogens (tertiary/aromatic N) is 3. The minimum atomic E-state index is -0.168. The van der Waals surface area contributed by atoms with Crippen molar-refractivity contribution < 1.29 is 19.0 Å². The van der Waals surface area contributed by atoms with Crippen molar-refractivity contribution in [3.05, 3.63) is 42.0 Å². The molecule has 3 rings (SSSR count). The summed E-state index contributed by atoms with van der Waals surface area (Å²) in [6.07, 6.45) is 0. The molecule has 0 atom stereocenters. The number of para-hydroxylation sites is 2. The Kier molecular flexibility index (Phi) is 7.12. The number of aromatic nitrogens is 1. The van der Waals surface area contributed by atoms with Gasteiger partial charge in [-0.25, -0.2) is 4.98 Å². The van der Waals surface area contributed by atoms with Gasteiger partial charge in [0.2, 0.25) is 0 Å². The van der Waals surface area contributed by atoms with Gasteiger partial charge in [0.1, 0.15) is 11.3 Å². The van der Waals surface area contributed by atoms with E-state index in [0.29, 0.717) is 35.5 Å². The van der Waals surface area contributed by atoms with Crippen LogP contribution in [0.2, 0.25) is 0 Å². The standard InChI is InChI=1S/C22H27N3O4S/c1-15-10-11-18(28-5)20-21(15)30-22(23-20)25(13-12-24(2)3)19(26)14-29-17-9-7-6-8-16(17)27-4/h6-11H,12-14H2,1-5H3. The van der Waals surface area contributed by atoms with Crippen LogP contribution < -0.4 is 19.1 Å². The summed E-state index contributed by atoms with van der Waals surface area (Å²) in [4.78, 5) is 21.6. The molecule has 0 fully saturated rings. The number of anilines is 1. The molecule has 0 saturated carbocycles. The Hall–Kier alpha value is -2.84. The number of fused-ring (bicyclic) bond motifs is 1. The summed E-state index contributed by atoms with van der Waals surface area (Å²) in [5.41, 5.74) is 1.87. The van der Waals surface area contributed by atoms with Crippen molar-refractivity contribution in [1.82, 2.24) is 9.88 Å². The van der Waals surface area contributed by atoms with Crippen LogP contribution in [-0.4, -0.2) is 63.8 Å². The molecule has 0 N–H and O–H groups in total. The largest absolute Gasteiger partial charge is 0.494 e. The molecule has 0 bridgehead atoms. The molecule has 1 aromatic heterocycles. The number of ether oxygens (including phenoxy) is 3. The second kappa shape index (κ2) is 9.77. The summed E-state index contributed by atoms with van der Waals surface area (Å²) in [5, 5.41) is 0.632. The number of rotatable bonds is 9. The molecule has 2 aromatic carbocycles. The lowest BCUT2D eigenvalue weighted by Crippen LogP contribution is -2.39. The SMILES string of the molecule is COc1ccccc1OCC(=O)N(CCN(C)C)c1nc2c(OC)ccc(C)c2s1. The number of hydrogen-bond donors (Lipinski definition) is 0. The van der Waals surface area contributed by atoms with E-state index in [0.717, 1.165) is 15.8 Å². The Balaban J connectivity index is 1.88. The van der Waals surface area contributed by atoms with Crippen LogP contribution in [0, 0.1) is 6.92 Å². The Morgan fingerprint density at radius 3 is 2.37 bits per heavy atom. The van der Waals surface area contributed by atoms with Crippen LogP contribution in [0.4, 0.5) is 5.13 Å². The van der Waals surface area contributed by atoms with E-state index in [1.165, 1.54) is 11.3 Å². The van der Waals surface area contributed by atoms with Crippen LogP contribution in [0.5, 0.6) is 17.2 Å². The lowest BCUT2D eigenvalue weighted by molar-refractivity contribution is -0.120. The maximum Gasteiger partial charge on any atom is 0.266 e. The van der Waals surface area contributed by atoms with E-state index < -0.39 is 0 Å². The van der Waals surface area contributed by atoms with Crippen molar-refractivity contribution >= 4 is 32.6 Å². The van der Waals surface area contributed by atoms with Gasteiger partial charge in [0.05, 0.1) is 18.9 Å². The Morgan fingerprint density at radius 2 is 1.70 bits per heavy atom. The number of aryl methyl sites for hydroxylation is 1. The Morgan fingerprint density at radius 1 is 1.00 bits per heavy atom. The van der Waals surface area contributed by atoms with Crippen molar-refractivity contribution in [2.24, 2.45) is 0 Å². The number of amides is 1. The molecule has 0 unspecified atom stereocenters. The second-order valence-electron chi connectivity index (χ2n) is 7.05. The third kappa shape index (κ3) is 4.83. The first-order chi connectivity index (χ1) is 14.4. The van der Waals surface area contributed by atoms with Crippen molar-refractivity contribution in [3.63, 3.8) is 0 Å². The highest BCUT2D eigenvalue weighted by Gasteiger charge is 2.22. The maximum atomic E-state index is 13.1. The van der Waals surface area contributed by atoms with Gasteiger partial charge < -0.3 is 19.1 Å². The number of carbonyl (C=O) groups is 1. The van der Waals surface area contributed by atoms with Crippen molar-refractivity contribution in [2.75, 3.05) is 52.9 Å². The van der Waals surface area contributed by atoms with E-state index in [1.54, 1.807) is 31.3 Å². The first kappa shape index (κ1) is 21.9. The van der Waals surface area contributed by atoms with Gasteiger partial charge in [0, 0.05) is 13.1 Å². The van der Waals surface area contributed by atoms with Gasteiger partial charge in [0.15, 0.2) is 23.2 Å². The average Bonchev–Trinajstić information content (AvgIpc) is 3.18. The second-order valence-corrected chi connectivity index (χ2v) is 8.02. The summed E-state index contributed by atoms with van der Waals surface area (Å²) >= 11 is 1.49. The average molecular weight is 430 g/mol. The van der Waals surface area contributed by atoms with Gasteiger partial charge in [-0.3, -0.25) is 9.69 Å². The number of thiazole rings is 1. The van der Waals surface area contributed by atoms with Gasteiger partial charge in [-0.2, -0.15) is 0 Å². The third-order valence-corrected chi connectivity index (χ3v) is 5.85. The summed E-state index contributed by atoms with van der Waals surface area (Å²) in [6, 6.07) is 11.2. The van der Waals surface area contributed by atoms with Crippen molar-refractivity contribution in [2.45, 2.75) is 6.92 Å². The summed E-state index contributed by atoms with van der Waals surface area (Å²) in [6.45, 7) is 3.12. The molecule has 7 nitrogen and oxygen atoms in total. The fourth-order valence-corrected chi connectivity index (χ4v) is 4.06. The number of likely N-dealkylation sites (N-methyl/N-ethyl adjacent to an activating group) is 1. The van der Waals surface area contributed by atoms with Crippen LogP contribution in [-0.2, 0) is 4.79 Å². The molecule has 3 aromatic rings. The fraction of sp³-hybridized carbons (Fsp3) is 0.364. The normalized spacial score (nSPS) is 11.0. The molecule has 1 amide bonds. The zero-order valence-corrected chi connectivity index (χ0v) is 18.8. The lowest BCUT2D eigenvalue weighted by atomic mass is 10.2. The predicted molar refractivity (Wildman–Crippen MR) is 120 cm³/mol. The zero-order chi connectivity index (χ0) is 21.7. The van der Waals surface area contributed by atoms with E-state index in [1.807, 2.05) is 50.2 Å². The van der Waals surface area contributed by atoms with E-state index in [2.05, 4.69) is 0 Å². The lowest BCUT2D eigenvalue weighted by Gasteiger charge is -2.22. The number of hydrogen-bond acceptors (Lipinski definition) is 7. The molecule has 1 heterocycles. The molecule has 8 heteroatoms. The highest BCUT2D eigenvalue weighted by molar-refractivity contribution is 7.22. The first-order valence-electron chi connectivity index (χ1n) is 9.59. The van der Waals surface area contributed by atoms with Gasteiger partial charge in [0.25, 0.3) is 5.91 Å². The van der Waals surface area contributed by atoms with E-state index in [-0.39, 0.29) is 12.5 Å². The van der Waals surface area contributed by atoms with Crippen LogP contribution in [0.15, 0.2) is 36.4 Å². The topological polar surface area (TPSA) is 64.1 Å². The summed E-state index contributed by atoms with van der Waals surface area (Å²) < 4.78 is 17.5. The van der Waals surface area contributed by atoms with Crippen LogP contribution in [0.25, 0.3) is 10.2 Å². The quantitative estimate of drug-likeness (QED) is 0.518. The Labute approximate surface area is 180 Å². The summed E-state index contributed by atoms with van der Waals surface area (Å²) in [5.74, 6) is 1.65. The molecule has 30 heavy (non-hydrogen) atoms. The third-order valence-electron chi connectivity index (χ3n) is 4.64. The molecular weight excluding hydrogens is 402 g/mol. The molecule has 0 spiro atoms. The molecule has 0 aliphatic carbocycles. The minimum absolute atomic E-state index is 0.111. The van der Waals surface area contributed by atoms with Gasteiger partial charge in [-0.1, -0.05) is 29.5 Å². The Bertz CT molecular complexity index is 1020. The predicted octanol–water partition coefficient (Wildman–Crippen LogP) is 3.60. The monoisotopic (exact) mass is 429 g/mol. The minimum Gasteiger partial charge on any atom is -0.494 e. The summed E-state index contributed by atoms with van der Waals surface area (Å²) in [7, 11) is 7.14. The fourth-order valence-electron chi connectivity index (χ4n) is 2.96. The smallest absolute Gasteiger partial charge is 0.266 e. The van der Waals surface area contributed by atoms with E-state index in [4.69, 9.17) is 19.2 Å². The van der Waals surface area contributed by atoms with Gasteiger partial charge >= 0.3 is 0 Å². The maximum absolute atomic E-state index is 13.1. The molecule has 0 saturated heterocycles. The van der Waals surface area contributed by atoms with Crippen molar-refractivity contribution in [1.29, 1.82) is 0 Å². The first-order valence-corrected chi connectivity index (χ1v) is 10.4. The van der Waals surface area contributed by atoms with Gasteiger partial charge in [-0.15, -0.1) is 0 Å². The van der Waals surface area contributed by atoms with Crippen LogP contribution in [0.3, 0.4) is 0 Å². The molecule has 0 aliphatic heterocycles. The number of methoxy groups -OCH3 is 2. The van der Waals surface area contributed by atoms with E-state index >= 15 is 0 Å². The van der Waals surface area contributed by atoms with Crippen LogP contribution in [0.1, 0.15) is 5.56 Å². The molecule has 0 radical (unpaired) electrons. The highest BCUT2D eigenvalue weighted by atomic mass is 32.1. The molecule has 0 aliphatic rings. The van der Waals surface area contributed by atoms with Gasteiger partial charge in [-0.05, 0) is 44.8 Å². The number of carbonyl (C=O) groups excluding carboxylic acids is 1. The van der Waals surface area contributed by atoms with Crippen molar-refractivity contribution in [3.8, 4) is 17.2 Å². The molecule has 160 valence electrons.